The molecule has 4 heteroatoms. The summed E-state index contributed by atoms with van der Waals surface area (Å²) in [7, 11) is 1.64. The SMILES string of the molecule is COc1[c]ccc(N2C[C@H](C)N(C(C)=O)c3ccccc32)c1. The first-order valence-electron chi connectivity index (χ1n) is 7.34. The highest BCUT2D eigenvalue weighted by Gasteiger charge is 2.30. The average molecular weight is 295 g/mol. The van der Waals surface area contributed by atoms with Crippen LogP contribution in [0.1, 0.15) is 13.8 Å². The number of nitrogens with zero attached hydrogens (tertiary/aromatic N) is 2. The van der Waals surface area contributed by atoms with E-state index in [4.69, 9.17) is 4.74 Å². The molecule has 0 saturated carbocycles. The number of carbonyl (C=O) groups is 1. The summed E-state index contributed by atoms with van der Waals surface area (Å²) in [4.78, 5) is 16.1. The summed E-state index contributed by atoms with van der Waals surface area (Å²) >= 11 is 0. The van der Waals surface area contributed by atoms with E-state index in [9.17, 15) is 4.79 Å². The van der Waals surface area contributed by atoms with Gasteiger partial charge in [0.05, 0.1) is 24.5 Å². The van der Waals surface area contributed by atoms with Gasteiger partial charge < -0.3 is 14.5 Å². The number of rotatable bonds is 2. The summed E-state index contributed by atoms with van der Waals surface area (Å²) < 4.78 is 5.27. The van der Waals surface area contributed by atoms with Gasteiger partial charge in [0.25, 0.3) is 0 Å². The van der Waals surface area contributed by atoms with Crippen LogP contribution in [0.25, 0.3) is 0 Å². The minimum Gasteiger partial charge on any atom is -0.496 e. The van der Waals surface area contributed by atoms with Crippen molar-refractivity contribution in [1.82, 2.24) is 0 Å². The van der Waals surface area contributed by atoms with Gasteiger partial charge in [0.2, 0.25) is 5.91 Å². The van der Waals surface area contributed by atoms with Gasteiger partial charge in [-0.25, -0.2) is 0 Å². The van der Waals surface area contributed by atoms with Crippen LogP contribution in [0, 0.1) is 6.07 Å². The third kappa shape index (κ3) is 2.41. The van der Waals surface area contributed by atoms with Crippen molar-refractivity contribution in [3.8, 4) is 5.75 Å². The Hall–Kier alpha value is -2.49. The topological polar surface area (TPSA) is 32.8 Å². The zero-order valence-corrected chi connectivity index (χ0v) is 13.0. The molecule has 0 spiro atoms. The Bertz CT molecular complexity index is 699. The van der Waals surface area contributed by atoms with Crippen LogP contribution >= 0.6 is 0 Å². The van der Waals surface area contributed by atoms with Gasteiger partial charge >= 0.3 is 0 Å². The number of amides is 1. The number of carbonyl (C=O) groups excluding carboxylic acids is 1. The zero-order valence-electron chi connectivity index (χ0n) is 13.0. The van der Waals surface area contributed by atoms with E-state index < -0.39 is 0 Å². The molecule has 0 fully saturated rings. The van der Waals surface area contributed by atoms with Gasteiger partial charge in [0.1, 0.15) is 5.75 Å². The van der Waals surface area contributed by atoms with Crippen LogP contribution in [-0.4, -0.2) is 25.6 Å². The van der Waals surface area contributed by atoms with Crippen LogP contribution in [0.2, 0.25) is 0 Å². The summed E-state index contributed by atoms with van der Waals surface area (Å²) in [6, 6.07) is 17.0. The second-order valence-electron chi connectivity index (χ2n) is 5.45. The van der Waals surface area contributed by atoms with Crippen LogP contribution < -0.4 is 14.5 Å². The second-order valence-corrected chi connectivity index (χ2v) is 5.45. The van der Waals surface area contributed by atoms with E-state index in [0.717, 1.165) is 23.6 Å². The highest BCUT2D eigenvalue weighted by molar-refractivity contribution is 5.98. The third-order valence-corrected chi connectivity index (χ3v) is 3.95. The van der Waals surface area contributed by atoms with Crippen molar-refractivity contribution >= 4 is 23.0 Å². The first-order valence-corrected chi connectivity index (χ1v) is 7.34. The molecule has 0 saturated heterocycles. The Morgan fingerprint density at radius 1 is 1.27 bits per heavy atom. The molecule has 1 amide bonds. The summed E-state index contributed by atoms with van der Waals surface area (Å²) in [5.41, 5.74) is 3.02. The minimum absolute atomic E-state index is 0.0681. The second kappa shape index (κ2) is 5.72. The number of ether oxygens (including phenoxy) is 1. The first kappa shape index (κ1) is 14.4. The van der Waals surface area contributed by atoms with Crippen LogP contribution in [0.15, 0.2) is 42.5 Å². The van der Waals surface area contributed by atoms with Gasteiger partial charge in [0, 0.05) is 31.3 Å². The molecule has 0 unspecified atom stereocenters. The van der Waals surface area contributed by atoms with Gasteiger partial charge in [-0.1, -0.05) is 12.1 Å². The Morgan fingerprint density at radius 3 is 2.68 bits per heavy atom. The molecule has 113 valence electrons. The van der Waals surface area contributed by atoms with Gasteiger partial charge in [-0.15, -0.1) is 0 Å². The van der Waals surface area contributed by atoms with Crippen LogP contribution in [0.4, 0.5) is 17.1 Å². The first-order chi connectivity index (χ1) is 10.6. The maximum atomic E-state index is 12.0. The maximum absolute atomic E-state index is 12.0. The fourth-order valence-electron chi connectivity index (χ4n) is 3.02. The molecule has 3 rings (SSSR count). The van der Waals surface area contributed by atoms with Gasteiger partial charge in [0.15, 0.2) is 0 Å². The predicted octanol–water partition coefficient (Wildman–Crippen LogP) is 3.39. The van der Waals surface area contributed by atoms with Crippen LogP contribution in [0.3, 0.4) is 0 Å². The Morgan fingerprint density at radius 2 is 2.00 bits per heavy atom. The molecule has 1 aliphatic heterocycles. The average Bonchev–Trinajstić information content (AvgIpc) is 2.53. The molecule has 1 heterocycles. The Kier molecular flexibility index (Phi) is 3.75. The molecule has 1 radical (unpaired) electrons. The highest BCUT2D eigenvalue weighted by atomic mass is 16.5. The number of anilines is 3. The van der Waals surface area contributed by atoms with E-state index >= 15 is 0 Å². The zero-order chi connectivity index (χ0) is 15.7. The van der Waals surface area contributed by atoms with Crippen molar-refractivity contribution in [2.45, 2.75) is 19.9 Å². The summed E-state index contributed by atoms with van der Waals surface area (Å²) in [5, 5.41) is 0. The molecule has 2 aromatic carbocycles. The fraction of sp³-hybridized carbons (Fsp3) is 0.278. The van der Waals surface area contributed by atoms with E-state index in [0.29, 0.717) is 5.75 Å². The van der Waals surface area contributed by atoms with E-state index in [1.807, 2.05) is 47.4 Å². The highest BCUT2D eigenvalue weighted by Crippen LogP contribution is 2.40. The molecule has 0 aromatic heterocycles. The Labute approximate surface area is 130 Å². The van der Waals surface area contributed by atoms with Crippen molar-refractivity contribution in [2.75, 3.05) is 23.5 Å². The number of hydrogen-bond acceptors (Lipinski definition) is 3. The molecule has 4 nitrogen and oxygen atoms in total. The quantitative estimate of drug-likeness (QED) is 0.851. The maximum Gasteiger partial charge on any atom is 0.224 e. The number of para-hydroxylation sites is 2. The number of hydrogen-bond donors (Lipinski definition) is 0. The van der Waals surface area contributed by atoms with Gasteiger partial charge in [-0.3, -0.25) is 4.79 Å². The van der Waals surface area contributed by atoms with Crippen molar-refractivity contribution < 1.29 is 9.53 Å². The minimum atomic E-state index is 0.0681. The largest absolute Gasteiger partial charge is 0.496 e. The molecule has 0 aliphatic carbocycles. The summed E-state index contributed by atoms with van der Waals surface area (Å²) in [6.07, 6.45) is 0. The van der Waals surface area contributed by atoms with Crippen LogP contribution in [0.5, 0.6) is 5.75 Å². The third-order valence-electron chi connectivity index (χ3n) is 3.95. The molecule has 22 heavy (non-hydrogen) atoms. The standard InChI is InChI=1S/C18H19N2O2/c1-13-12-19(15-7-6-8-16(11-15)22-3)17-9-4-5-10-18(17)20(13)14(2)21/h4-7,9-11,13H,12H2,1-3H3/t13-/m0/s1. The summed E-state index contributed by atoms with van der Waals surface area (Å²) in [5.74, 6) is 0.773. The molecule has 1 aliphatic rings. The molecular weight excluding hydrogens is 276 g/mol. The normalized spacial score (nSPS) is 17.1. The van der Waals surface area contributed by atoms with Gasteiger partial charge in [-0.05, 0) is 31.2 Å². The van der Waals surface area contributed by atoms with Crippen molar-refractivity contribution in [2.24, 2.45) is 0 Å². The van der Waals surface area contributed by atoms with Crippen molar-refractivity contribution in [3.05, 3.63) is 48.5 Å². The fourth-order valence-corrected chi connectivity index (χ4v) is 3.02. The lowest BCUT2D eigenvalue weighted by atomic mass is 10.1. The van der Waals surface area contributed by atoms with Crippen LogP contribution in [-0.2, 0) is 4.79 Å². The molecule has 0 N–H and O–H groups in total. The lowest BCUT2D eigenvalue weighted by Gasteiger charge is -2.41. The smallest absolute Gasteiger partial charge is 0.224 e. The molecule has 0 bridgehead atoms. The lowest BCUT2D eigenvalue weighted by Crippen LogP contribution is -2.48. The molecule has 1 atom stereocenters. The van der Waals surface area contributed by atoms with E-state index in [1.165, 1.54) is 0 Å². The summed E-state index contributed by atoms with van der Waals surface area (Å²) in [6.45, 7) is 4.42. The van der Waals surface area contributed by atoms with Crippen molar-refractivity contribution in [3.63, 3.8) is 0 Å². The van der Waals surface area contributed by atoms with E-state index in [-0.39, 0.29) is 11.9 Å². The lowest BCUT2D eigenvalue weighted by molar-refractivity contribution is -0.117. The molecule has 2 aromatic rings. The van der Waals surface area contributed by atoms with E-state index in [2.05, 4.69) is 17.9 Å². The monoisotopic (exact) mass is 295 g/mol. The van der Waals surface area contributed by atoms with E-state index in [1.54, 1.807) is 14.0 Å². The number of benzene rings is 2. The number of methoxy groups -OCH3 is 1. The number of fused-ring (bicyclic) bond motifs is 1. The van der Waals surface area contributed by atoms with Crippen molar-refractivity contribution in [1.29, 1.82) is 0 Å². The Balaban J connectivity index is 2.09. The predicted molar refractivity (Wildman–Crippen MR) is 87.9 cm³/mol. The van der Waals surface area contributed by atoms with Gasteiger partial charge in [-0.2, -0.15) is 0 Å². The molecular formula is C18H19N2O2.